The molecule has 1 saturated heterocycles. The van der Waals surface area contributed by atoms with E-state index in [0.717, 1.165) is 25.9 Å². The Hall–Kier alpha value is -1.26. The summed E-state index contributed by atoms with van der Waals surface area (Å²) >= 11 is 5.89. The van der Waals surface area contributed by atoms with Crippen LogP contribution in [0.1, 0.15) is 19.3 Å². The predicted molar refractivity (Wildman–Crippen MR) is 80.2 cm³/mol. The molecule has 5 heteroatoms. The molecule has 0 aliphatic carbocycles. The first-order valence-corrected chi connectivity index (χ1v) is 7.41. The van der Waals surface area contributed by atoms with Crippen molar-refractivity contribution in [2.45, 2.75) is 25.3 Å². The van der Waals surface area contributed by atoms with Crippen molar-refractivity contribution in [2.24, 2.45) is 0 Å². The fourth-order valence-corrected chi connectivity index (χ4v) is 2.74. The van der Waals surface area contributed by atoms with E-state index in [-0.39, 0.29) is 18.6 Å². The zero-order valence-electron chi connectivity index (χ0n) is 11.8. The van der Waals surface area contributed by atoms with Gasteiger partial charge in [0, 0.05) is 24.2 Å². The van der Waals surface area contributed by atoms with Crippen molar-refractivity contribution in [2.75, 3.05) is 26.7 Å². The first-order chi connectivity index (χ1) is 9.70. The van der Waals surface area contributed by atoms with Crippen LogP contribution in [-0.2, 0) is 4.79 Å². The predicted octanol–water partition coefficient (Wildman–Crippen LogP) is 2.32. The summed E-state index contributed by atoms with van der Waals surface area (Å²) in [6.07, 6.45) is 3.32. The summed E-state index contributed by atoms with van der Waals surface area (Å²) in [6, 6.07) is 7.40. The molecule has 2 rings (SSSR count). The number of likely N-dealkylation sites (N-methyl/N-ethyl adjacent to an activating group) is 1. The van der Waals surface area contributed by atoms with Crippen LogP contribution in [0.3, 0.4) is 0 Å². The van der Waals surface area contributed by atoms with Crippen LogP contribution in [0.5, 0.6) is 5.75 Å². The van der Waals surface area contributed by atoms with Gasteiger partial charge in [0.25, 0.3) is 5.91 Å². The lowest BCUT2D eigenvalue weighted by Crippen LogP contribution is -2.49. The molecule has 1 heterocycles. The summed E-state index contributed by atoms with van der Waals surface area (Å²) in [7, 11) is 1.92. The van der Waals surface area contributed by atoms with Gasteiger partial charge < -0.3 is 15.0 Å². The lowest BCUT2D eigenvalue weighted by Gasteiger charge is -2.35. The van der Waals surface area contributed by atoms with Crippen LogP contribution in [0.2, 0.25) is 5.02 Å². The molecule has 20 heavy (non-hydrogen) atoms. The minimum absolute atomic E-state index is 0.0462. The summed E-state index contributed by atoms with van der Waals surface area (Å²) in [4.78, 5) is 14.2. The van der Waals surface area contributed by atoms with Crippen LogP contribution in [0, 0.1) is 0 Å². The number of amides is 1. The Morgan fingerprint density at radius 2 is 2.35 bits per heavy atom. The van der Waals surface area contributed by atoms with E-state index >= 15 is 0 Å². The minimum Gasteiger partial charge on any atom is -0.484 e. The number of likely N-dealkylation sites (tertiary alicyclic amines) is 1. The molecular formula is C15H21ClN2O2. The molecule has 0 spiro atoms. The van der Waals surface area contributed by atoms with Crippen molar-refractivity contribution in [1.82, 2.24) is 10.2 Å². The molecule has 4 nitrogen and oxygen atoms in total. The smallest absolute Gasteiger partial charge is 0.260 e. The fraction of sp³-hybridized carbons (Fsp3) is 0.533. The molecule has 1 N–H and O–H groups in total. The quantitative estimate of drug-likeness (QED) is 0.907. The molecule has 0 radical (unpaired) electrons. The average Bonchev–Trinajstić information content (AvgIpc) is 2.46. The maximum Gasteiger partial charge on any atom is 0.260 e. The van der Waals surface area contributed by atoms with Gasteiger partial charge >= 0.3 is 0 Å². The highest BCUT2D eigenvalue weighted by Crippen LogP contribution is 2.19. The Labute approximate surface area is 125 Å². The standard InChI is InChI=1S/C15H21ClN2O2/c1-17-10-13-6-2-3-8-18(13)15(19)11-20-14-7-4-5-12(16)9-14/h4-5,7,9,13,17H,2-3,6,8,10-11H2,1H3. The number of hydrogen-bond donors (Lipinski definition) is 1. The second-order valence-electron chi connectivity index (χ2n) is 5.04. The third-order valence-electron chi connectivity index (χ3n) is 3.55. The molecule has 1 unspecified atom stereocenters. The molecule has 1 fully saturated rings. The Morgan fingerprint density at radius 3 is 3.10 bits per heavy atom. The molecular weight excluding hydrogens is 276 g/mol. The van der Waals surface area contributed by atoms with Gasteiger partial charge in [-0.15, -0.1) is 0 Å². The zero-order chi connectivity index (χ0) is 14.4. The number of hydrogen-bond acceptors (Lipinski definition) is 3. The van der Waals surface area contributed by atoms with Gasteiger partial charge in [-0.05, 0) is 44.5 Å². The molecule has 1 atom stereocenters. The second-order valence-corrected chi connectivity index (χ2v) is 5.48. The topological polar surface area (TPSA) is 41.6 Å². The summed E-state index contributed by atoms with van der Waals surface area (Å²) in [5, 5.41) is 3.76. The number of carbonyl (C=O) groups excluding carboxylic acids is 1. The highest BCUT2D eigenvalue weighted by Gasteiger charge is 2.26. The van der Waals surface area contributed by atoms with Gasteiger partial charge in [0.2, 0.25) is 0 Å². The molecule has 1 aliphatic heterocycles. The number of benzene rings is 1. The zero-order valence-corrected chi connectivity index (χ0v) is 12.5. The second kappa shape index (κ2) is 7.50. The van der Waals surface area contributed by atoms with Crippen molar-refractivity contribution in [3.8, 4) is 5.75 Å². The van der Waals surface area contributed by atoms with Gasteiger partial charge in [0.1, 0.15) is 5.75 Å². The van der Waals surface area contributed by atoms with Gasteiger partial charge in [-0.1, -0.05) is 17.7 Å². The van der Waals surface area contributed by atoms with Crippen molar-refractivity contribution in [3.63, 3.8) is 0 Å². The van der Waals surface area contributed by atoms with E-state index in [1.54, 1.807) is 18.2 Å². The van der Waals surface area contributed by atoms with E-state index in [9.17, 15) is 4.79 Å². The number of halogens is 1. The number of nitrogens with one attached hydrogen (secondary N) is 1. The Kier molecular flexibility index (Phi) is 5.68. The normalized spacial score (nSPS) is 18.9. The average molecular weight is 297 g/mol. The van der Waals surface area contributed by atoms with Gasteiger partial charge in [-0.3, -0.25) is 4.79 Å². The van der Waals surface area contributed by atoms with Crippen molar-refractivity contribution in [3.05, 3.63) is 29.3 Å². The summed E-state index contributed by atoms with van der Waals surface area (Å²) in [5.41, 5.74) is 0. The number of rotatable bonds is 5. The van der Waals surface area contributed by atoms with Crippen LogP contribution in [0.4, 0.5) is 0 Å². The van der Waals surface area contributed by atoms with E-state index in [4.69, 9.17) is 16.3 Å². The van der Waals surface area contributed by atoms with E-state index in [2.05, 4.69) is 5.32 Å². The Bertz CT molecular complexity index is 451. The minimum atomic E-state index is 0.0462. The molecule has 1 aliphatic rings. The van der Waals surface area contributed by atoms with E-state index in [1.165, 1.54) is 6.42 Å². The molecule has 0 saturated carbocycles. The fourth-order valence-electron chi connectivity index (χ4n) is 2.56. The van der Waals surface area contributed by atoms with Crippen LogP contribution >= 0.6 is 11.6 Å². The van der Waals surface area contributed by atoms with Gasteiger partial charge in [-0.2, -0.15) is 0 Å². The van der Waals surface area contributed by atoms with Gasteiger partial charge in [-0.25, -0.2) is 0 Å². The summed E-state index contributed by atoms with van der Waals surface area (Å²) in [5.74, 6) is 0.679. The number of carbonyl (C=O) groups is 1. The van der Waals surface area contributed by atoms with Crippen molar-refractivity contribution >= 4 is 17.5 Å². The maximum absolute atomic E-state index is 12.3. The molecule has 0 aromatic heterocycles. The van der Waals surface area contributed by atoms with E-state index < -0.39 is 0 Å². The lowest BCUT2D eigenvalue weighted by molar-refractivity contribution is -0.136. The van der Waals surface area contributed by atoms with Crippen molar-refractivity contribution < 1.29 is 9.53 Å². The number of piperidine rings is 1. The number of nitrogens with zero attached hydrogens (tertiary/aromatic N) is 1. The maximum atomic E-state index is 12.3. The van der Waals surface area contributed by atoms with Gasteiger partial charge in [0.05, 0.1) is 0 Å². The Balaban J connectivity index is 1.89. The molecule has 1 amide bonds. The van der Waals surface area contributed by atoms with Crippen LogP contribution < -0.4 is 10.1 Å². The highest BCUT2D eigenvalue weighted by molar-refractivity contribution is 6.30. The SMILES string of the molecule is CNCC1CCCCN1C(=O)COc1cccc(Cl)c1. The molecule has 1 aromatic rings. The van der Waals surface area contributed by atoms with E-state index in [1.807, 2.05) is 18.0 Å². The monoisotopic (exact) mass is 296 g/mol. The first kappa shape index (κ1) is 15.1. The lowest BCUT2D eigenvalue weighted by atomic mass is 10.0. The summed E-state index contributed by atoms with van der Waals surface area (Å²) < 4.78 is 5.53. The molecule has 0 bridgehead atoms. The van der Waals surface area contributed by atoms with E-state index in [0.29, 0.717) is 10.8 Å². The highest BCUT2D eigenvalue weighted by atomic mass is 35.5. The van der Waals surface area contributed by atoms with Gasteiger partial charge in [0.15, 0.2) is 6.61 Å². The largest absolute Gasteiger partial charge is 0.484 e. The summed E-state index contributed by atoms with van der Waals surface area (Å²) in [6.45, 7) is 1.73. The first-order valence-electron chi connectivity index (χ1n) is 7.03. The van der Waals surface area contributed by atoms with Crippen molar-refractivity contribution in [1.29, 1.82) is 0 Å². The number of ether oxygens (including phenoxy) is 1. The third-order valence-corrected chi connectivity index (χ3v) is 3.78. The molecule has 110 valence electrons. The van der Waals surface area contributed by atoms with Crippen LogP contribution in [-0.4, -0.2) is 43.6 Å². The van der Waals surface area contributed by atoms with Crippen LogP contribution in [0.25, 0.3) is 0 Å². The third kappa shape index (κ3) is 4.12. The van der Waals surface area contributed by atoms with Crippen LogP contribution in [0.15, 0.2) is 24.3 Å². The molecule has 1 aromatic carbocycles. The Morgan fingerprint density at radius 1 is 1.50 bits per heavy atom.